The van der Waals surface area contributed by atoms with Gasteiger partial charge in [-0.25, -0.2) is 5.43 Å². The molecule has 3 heterocycles. The fourth-order valence-electron chi connectivity index (χ4n) is 4.06. The number of aromatic nitrogens is 1. The number of fused-ring (bicyclic) bond motifs is 3. The average Bonchev–Trinajstić information content (AvgIpc) is 3.21. The molecule has 1 aromatic carbocycles. The zero-order chi connectivity index (χ0) is 22.7. The summed E-state index contributed by atoms with van der Waals surface area (Å²) in [5.74, 6) is 0.217. The van der Waals surface area contributed by atoms with Gasteiger partial charge in [-0.1, -0.05) is 25.1 Å². The van der Waals surface area contributed by atoms with Crippen LogP contribution in [0.15, 0.2) is 29.1 Å². The van der Waals surface area contributed by atoms with E-state index in [4.69, 9.17) is 9.47 Å². The maximum atomic E-state index is 13.4. The normalized spacial score (nSPS) is 14.8. The summed E-state index contributed by atoms with van der Waals surface area (Å²) in [6.07, 6.45) is 0. The van der Waals surface area contributed by atoms with E-state index in [0.29, 0.717) is 55.5 Å². The zero-order valence-corrected chi connectivity index (χ0v) is 19.7. The molecule has 4 rings (SSSR count). The third-order valence-electron chi connectivity index (χ3n) is 5.76. The van der Waals surface area contributed by atoms with Crippen molar-refractivity contribution in [3.63, 3.8) is 0 Å². The Hall–Kier alpha value is -2.46. The molecule has 0 bridgehead atoms. The van der Waals surface area contributed by atoms with Gasteiger partial charge in [-0.3, -0.25) is 19.5 Å². The number of morpholine rings is 1. The summed E-state index contributed by atoms with van der Waals surface area (Å²) in [6, 6.07) is 7.77. The molecule has 1 N–H and O–H groups in total. The van der Waals surface area contributed by atoms with Gasteiger partial charge in [-0.05, 0) is 13.0 Å². The van der Waals surface area contributed by atoms with Gasteiger partial charge in [0.1, 0.15) is 16.9 Å². The highest BCUT2D eigenvalue weighted by Crippen LogP contribution is 2.40. The monoisotopic (exact) mass is 458 g/mol. The third-order valence-corrected chi connectivity index (χ3v) is 6.95. The first-order valence-corrected chi connectivity index (χ1v) is 11.9. The summed E-state index contributed by atoms with van der Waals surface area (Å²) in [5.41, 5.74) is 3.79. The maximum absolute atomic E-state index is 13.4. The largest absolute Gasteiger partial charge is 0.490 e. The standard InChI is InChI=1S/C23H30N4O4S/c1-4-24-27(5-2)23(29)21-19(31-15-12-26-10-13-30-14-11-26)18-20(32-21)16-8-6-7-9-17(16)25(3)22(18)28/h6-9,24H,4-5,10-15H2,1-3H3. The zero-order valence-electron chi connectivity index (χ0n) is 18.8. The van der Waals surface area contributed by atoms with E-state index in [1.54, 1.807) is 16.6 Å². The molecule has 1 amide bonds. The molecule has 0 radical (unpaired) electrons. The Bertz CT molecular complexity index is 1170. The smallest absolute Gasteiger partial charge is 0.281 e. The first-order valence-electron chi connectivity index (χ1n) is 11.1. The molecule has 0 spiro atoms. The van der Waals surface area contributed by atoms with Crippen LogP contribution in [0.2, 0.25) is 0 Å². The van der Waals surface area contributed by atoms with Crippen LogP contribution in [0.3, 0.4) is 0 Å². The Morgan fingerprint density at radius 3 is 2.72 bits per heavy atom. The summed E-state index contributed by atoms with van der Waals surface area (Å²) in [7, 11) is 1.76. The van der Waals surface area contributed by atoms with Crippen LogP contribution >= 0.6 is 11.3 Å². The number of nitrogens with zero attached hydrogens (tertiary/aromatic N) is 3. The Morgan fingerprint density at radius 2 is 2.00 bits per heavy atom. The molecule has 9 heteroatoms. The van der Waals surface area contributed by atoms with Crippen LogP contribution in [0, 0.1) is 0 Å². The summed E-state index contributed by atoms with van der Waals surface area (Å²) in [4.78, 5) is 29.5. The van der Waals surface area contributed by atoms with Crippen LogP contribution in [-0.2, 0) is 11.8 Å². The lowest BCUT2D eigenvalue weighted by molar-refractivity contribution is 0.0322. The number of para-hydroxylation sites is 1. The van der Waals surface area contributed by atoms with Gasteiger partial charge in [0.2, 0.25) is 0 Å². The van der Waals surface area contributed by atoms with Crippen molar-refractivity contribution in [3.05, 3.63) is 39.5 Å². The number of carbonyl (C=O) groups excluding carboxylic acids is 1. The Kier molecular flexibility index (Phi) is 7.10. The quantitative estimate of drug-likeness (QED) is 0.523. The second kappa shape index (κ2) is 9.99. The van der Waals surface area contributed by atoms with Crippen LogP contribution in [0.25, 0.3) is 21.0 Å². The van der Waals surface area contributed by atoms with Crippen molar-refractivity contribution in [1.82, 2.24) is 19.9 Å². The van der Waals surface area contributed by atoms with E-state index in [9.17, 15) is 9.59 Å². The minimum atomic E-state index is -0.178. The fraction of sp³-hybridized carbons (Fsp3) is 0.478. The molecule has 2 aromatic heterocycles. The Balaban J connectivity index is 1.80. The summed E-state index contributed by atoms with van der Waals surface area (Å²) < 4.78 is 14.0. The van der Waals surface area contributed by atoms with Crippen LogP contribution in [0.1, 0.15) is 23.5 Å². The second-order valence-corrected chi connectivity index (χ2v) is 8.73. The molecule has 0 atom stereocenters. The van der Waals surface area contributed by atoms with E-state index < -0.39 is 0 Å². The molecule has 0 unspecified atom stereocenters. The molecule has 172 valence electrons. The summed E-state index contributed by atoms with van der Waals surface area (Å²) in [5, 5.41) is 3.00. The van der Waals surface area contributed by atoms with Crippen molar-refractivity contribution in [3.8, 4) is 5.75 Å². The van der Waals surface area contributed by atoms with Gasteiger partial charge in [0.25, 0.3) is 11.5 Å². The van der Waals surface area contributed by atoms with Crippen LogP contribution in [-0.4, -0.2) is 72.9 Å². The molecule has 3 aromatic rings. The molecule has 0 saturated carbocycles. The average molecular weight is 459 g/mol. The lowest BCUT2D eigenvalue weighted by Crippen LogP contribution is -2.42. The van der Waals surface area contributed by atoms with E-state index >= 15 is 0 Å². The number of hydrogen-bond acceptors (Lipinski definition) is 7. The van der Waals surface area contributed by atoms with Gasteiger partial charge in [-0.2, -0.15) is 0 Å². The van der Waals surface area contributed by atoms with Crippen LogP contribution < -0.4 is 15.7 Å². The van der Waals surface area contributed by atoms with E-state index in [1.165, 1.54) is 11.3 Å². The molecular formula is C23H30N4O4S. The highest BCUT2D eigenvalue weighted by atomic mass is 32.1. The van der Waals surface area contributed by atoms with E-state index in [-0.39, 0.29) is 11.5 Å². The van der Waals surface area contributed by atoms with Crippen molar-refractivity contribution < 1.29 is 14.3 Å². The van der Waals surface area contributed by atoms with Gasteiger partial charge < -0.3 is 14.0 Å². The van der Waals surface area contributed by atoms with Crippen molar-refractivity contribution >= 4 is 38.2 Å². The predicted molar refractivity (Wildman–Crippen MR) is 128 cm³/mol. The minimum absolute atomic E-state index is 0.151. The van der Waals surface area contributed by atoms with Crippen molar-refractivity contribution in [2.45, 2.75) is 13.8 Å². The number of benzene rings is 1. The van der Waals surface area contributed by atoms with Gasteiger partial charge >= 0.3 is 0 Å². The highest BCUT2D eigenvalue weighted by Gasteiger charge is 2.27. The molecule has 1 fully saturated rings. The molecular weight excluding hydrogens is 428 g/mol. The first kappa shape index (κ1) is 22.7. The highest BCUT2D eigenvalue weighted by molar-refractivity contribution is 7.22. The number of carbonyl (C=O) groups is 1. The molecule has 0 aliphatic carbocycles. The number of ether oxygens (including phenoxy) is 2. The third kappa shape index (κ3) is 4.25. The Labute approximate surface area is 191 Å². The SMILES string of the molecule is CCNN(CC)C(=O)c1sc2c(c1OCCN1CCOCC1)c(=O)n(C)c1ccccc21. The number of hydrogen-bond donors (Lipinski definition) is 1. The molecule has 1 saturated heterocycles. The lowest BCUT2D eigenvalue weighted by Gasteiger charge is -2.26. The number of aryl methyl sites for hydroxylation is 1. The van der Waals surface area contributed by atoms with E-state index in [0.717, 1.165) is 28.7 Å². The predicted octanol–water partition coefficient (Wildman–Crippen LogP) is 2.45. The number of thiophene rings is 1. The first-order chi connectivity index (χ1) is 15.6. The van der Waals surface area contributed by atoms with Crippen LogP contribution in [0.5, 0.6) is 5.75 Å². The minimum Gasteiger partial charge on any atom is -0.490 e. The Morgan fingerprint density at radius 1 is 1.25 bits per heavy atom. The van der Waals surface area contributed by atoms with Crippen molar-refractivity contribution in [2.75, 3.05) is 52.5 Å². The van der Waals surface area contributed by atoms with Gasteiger partial charge in [0.05, 0.1) is 23.4 Å². The van der Waals surface area contributed by atoms with Crippen LogP contribution in [0.4, 0.5) is 0 Å². The second-order valence-electron chi connectivity index (χ2n) is 7.71. The number of pyridine rings is 1. The lowest BCUT2D eigenvalue weighted by atomic mass is 10.1. The number of rotatable bonds is 8. The van der Waals surface area contributed by atoms with Gasteiger partial charge in [0, 0.05) is 45.2 Å². The van der Waals surface area contributed by atoms with E-state index in [2.05, 4.69) is 10.3 Å². The van der Waals surface area contributed by atoms with Gasteiger partial charge in [-0.15, -0.1) is 11.3 Å². The number of nitrogens with one attached hydrogen (secondary N) is 1. The van der Waals surface area contributed by atoms with Gasteiger partial charge in [0.15, 0.2) is 5.75 Å². The molecule has 1 aliphatic heterocycles. The summed E-state index contributed by atoms with van der Waals surface area (Å²) >= 11 is 1.34. The summed E-state index contributed by atoms with van der Waals surface area (Å²) in [6.45, 7) is 9.26. The topological polar surface area (TPSA) is 76.0 Å². The van der Waals surface area contributed by atoms with E-state index in [1.807, 2.05) is 38.1 Å². The molecule has 32 heavy (non-hydrogen) atoms. The molecule has 1 aliphatic rings. The van der Waals surface area contributed by atoms with Crippen molar-refractivity contribution in [2.24, 2.45) is 7.05 Å². The number of hydrazine groups is 1. The fourth-order valence-corrected chi connectivity index (χ4v) is 5.28. The maximum Gasteiger partial charge on any atom is 0.281 e. The van der Waals surface area contributed by atoms with Crippen molar-refractivity contribution in [1.29, 1.82) is 0 Å². The molecule has 8 nitrogen and oxygen atoms in total. The number of amides is 1.